The molecule has 33 heavy (non-hydrogen) atoms. The van der Waals surface area contributed by atoms with Crippen molar-refractivity contribution in [1.29, 1.82) is 0 Å². The molecule has 4 rings (SSSR count). The standard InChI is InChI=1S/C27H26N2O4/c1-18-25(19(2)30)26(28-27(31)29(18)22-12-8-5-9-13-22)21-14-15-23(24(16-21)32-3)33-17-20-10-6-4-7-11-20/h4-16,26H,17H2,1-3H3,(H,28,31)/t26-/m1/s1. The number of rotatable bonds is 7. The van der Waals surface area contributed by atoms with Gasteiger partial charge in [0.25, 0.3) is 0 Å². The molecular weight excluding hydrogens is 416 g/mol. The first kappa shape index (κ1) is 22.1. The van der Waals surface area contributed by atoms with E-state index in [1.165, 1.54) is 11.8 Å². The van der Waals surface area contributed by atoms with Crippen molar-refractivity contribution < 1.29 is 19.1 Å². The van der Waals surface area contributed by atoms with Gasteiger partial charge in [0, 0.05) is 11.3 Å². The first-order valence-corrected chi connectivity index (χ1v) is 10.7. The van der Waals surface area contributed by atoms with Crippen molar-refractivity contribution in [2.24, 2.45) is 0 Å². The minimum absolute atomic E-state index is 0.109. The number of benzene rings is 3. The van der Waals surface area contributed by atoms with Crippen molar-refractivity contribution in [2.45, 2.75) is 26.5 Å². The zero-order valence-electron chi connectivity index (χ0n) is 18.9. The summed E-state index contributed by atoms with van der Waals surface area (Å²) in [5, 5.41) is 2.98. The molecule has 1 N–H and O–H groups in total. The lowest BCUT2D eigenvalue weighted by atomic mass is 9.92. The minimum Gasteiger partial charge on any atom is -0.493 e. The maximum absolute atomic E-state index is 13.1. The van der Waals surface area contributed by atoms with Crippen LogP contribution in [0.15, 0.2) is 90.1 Å². The van der Waals surface area contributed by atoms with Crippen LogP contribution in [-0.2, 0) is 11.4 Å². The molecule has 3 aromatic carbocycles. The number of carbonyl (C=O) groups is 2. The average molecular weight is 443 g/mol. The van der Waals surface area contributed by atoms with Crippen molar-refractivity contribution in [3.05, 3.63) is 101 Å². The molecule has 6 nitrogen and oxygen atoms in total. The molecule has 0 aliphatic carbocycles. The number of ketones is 1. The van der Waals surface area contributed by atoms with Crippen molar-refractivity contribution in [1.82, 2.24) is 5.32 Å². The summed E-state index contributed by atoms with van der Waals surface area (Å²) in [6.07, 6.45) is 0. The Hall–Kier alpha value is -4.06. The second-order valence-corrected chi connectivity index (χ2v) is 7.79. The third-order valence-corrected chi connectivity index (χ3v) is 5.64. The van der Waals surface area contributed by atoms with E-state index in [2.05, 4.69) is 5.32 Å². The van der Waals surface area contributed by atoms with E-state index >= 15 is 0 Å². The fourth-order valence-corrected chi connectivity index (χ4v) is 4.06. The van der Waals surface area contributed by atoms with Gasteiger partial charge >= 0.3 is 6.03 Å². The number of hydrogen-bond acceptors (Lipinski definition) is 4. The fourth-order valence-electron chi connectivity index (χ4n) is 4.06. The lowest BCUT2D eigenvalue weighted by molar-refractivity contribution is -0.114. The number of nitrogens with zero attached hydrogens (tertiary/aromatic N) is 1. The lowest BCUT2D eigenvalue weighted by Gasteiger charge is -2.35. The maximum atomic E-state index is 13.1. The molecule has 0 spiro atoms. The molecule has 0 aromatic heterocycles. The van der Waals surface area contributed by atoms with E-state index in [1.54, 1.807) is 26.2 Å². The van der Waals surface area contributed by atoms with E-state index < -0.39 is 6.04 Å². The van der Waals surface area contributed by atoms with E-state index in [4.69, 9.17) is 9.47 Å². The highest BCUT2D eigenvalue weighted by atomic mass is 16.5. The van der Waals surface area contributed by atoms with Crippen LogP contribution in [0, 0.1) is 0 Å². The Labute approximate surface area is 193 Å². The van der Waals surface area contributed by atoms with E-state index in [9.17, 15) is 9.59 Å². The van der Waals surface area contributed by atoms with Crippen molar-refractivity contribution in [3.8, 4) is 11.5 Å². The third kappa shape index (κ3) is 4.60. The van der Waals surface area contributed by atoms with Gasteiger partial charge in [0.1, 0.15) is 6.61 Å². The predicted molar refractivity (Wildman–Crippen MR) is 127 cm³/mol. The van der Waals surface area contributed by atoms with Crippen LogP contribution < -0.4 is 19.7 Å². The zero-order chi connectivity index (χ0) is 23.4. The van der Waals surface area contributed by atoms with E-state index in [1.807, 2.05) is 66.7 Å². The molecule has 0 bridgehead atoms. The van der Waals surface area contributed by atoms with Crippen LogP contribution in [0.4, 0.5) is 10.5 Å². The number of anilines is 1. The van der Waals surface area contributed by atoms with Gasteiger partial charge in [0.15, 0.2) is 17.3 Å². The number of hydrogen-bond donors (Lipinski definition) is 1. The monoisotopic (exact) mass is 442 g/mol. The maximum Gasteiger partial charge on any atom is 0.326 e. The molecular formula is C27H26N2O4. The second kappa shape index (κ2) is 9.61. The Kier molecular flexibility index (Phi) is 6.45. The Morgan fingerprint density at radius 1 is 0.970 bits per heavy atom. The first-order valence-electron chi connectivity index (χ1n) is 10.7. The summed E-state index contributed by atoms with van der Waals surface area (Å²) in [6.45, 7) is 3.71. The summed E-state index contributed by atoms with van der Waals surface area (Å²) in [5.74, 6) is 1.01. The summed E-state index contributed by atoms with van der Waals surface area (Å²) in [7, 11) is 1.57. The number of carbonyl (C=O) groups excluding carboxylic acids is 2. The molecule has 0 unspecified atom stereocenters. The molecule has 168 valence electrons. The Bertz CT molecular complexity index is 1190. The largest absolute Gasteiger partial charge is 0.493 e. The fraction of sp³-hybridized carbons (Fsp3) is 0.185. The van der Waals surface area contributed by atoms with Crippen LogP contribution in [0.2, 0.25) is 0 Å². The Morgan fingerprint density at radius 3 is 2.27 bits per heavy atom. The van der Waals surface area contributed by atoms with Gasteiger partial charge in [-0.05, 0) is 49.2 Å². The quantitative estimate of drug-likeness (QED) is 0.531. The topological polar surface area (TPSA) is 67.9 Å². The summed E-state index contributed by atoms with van der Waals surface area (Å²) >= 11 is 0. The van der Waals surface area contributed by atoms with Gasteiger partial charge in [-0.25, -0.2) is 4.79 Å². The number of para-hydroxylation sites is 1. The number of amides is 2. The van der Waals surface area contributed by atoms with Crippen LogP contribution in [-0.4, -0.2) is 18.9 Å². The molecule has 2 amide bonds. The van der Waals surface area contributed by atoms with Crippen molar-refractivity contribution in [3.63, 3.8) is 0 Å². The number of nitrogens with one attached hydrogen (secondary N) is 1. The highest BCUT2D eigenvalue weighted by Gasteiger charge is 2.35. The minimum atomic E-state index is -0.591. The average Bonchev–Trinajstić information content (AvgIpc) is 2.83. The van der Waals surface area contributed by atoms with Gasteiger partial charge in [-0.3, -0.25) is 9.69 Å². The molecule has 1 atom stereocenters. The van der Waals surface area contributed by atoms with Crippen LogP contribution >= 0.6 is 0 Å². The van der Waals surface area contributed by atoms with Gasteiger partial charge in [0.2, 0.25) is 0 Å². The van der Waals surface area contributed by atoms with Crippen molar-refractivity contribution >= 4 is 17.5 Å². The van der Waals surface area contributed by atoms with Crippen LogP contribution in [0.3, 0.4) is 0 Å². The molecule has 0 saturated carbocycles. The highest BCUT2D eigenvalue weighted by Crippen LogP contribution is 2.37. The smallest absolute Gasteiger partial charge is 0.326 e. The van der Waals surface area contributed by atoms with Crippen LogP contribution in [0.5, 0.6) is 11.5 Å². The zero-order valence-corrected chi connectivity index (χ0v) is 18.9. The summed E-state index contributed by atoms with van der Waals surface area (Å²) in [4.78, 5) is 27.2. The van der Waals surface area contributed by atoms with E-state index in [-0.39, 0.29) is 11.8 Å². The molecule has 3 aromatic rings. The van der Waals surface area contributed by atoms with E-state index in [0.29, 0.717) is 35.1 Å². The molecule has 1 aliphatic rings. The molecule has 1 aliphatic heterocycles. The molecule has 0 saturated heterocycles. The summed E-state index contributed by atoms with van der Waals surface area (Å²) in [5.41, 5.74) is 3.61. The number of ether oxygens (including phenoxy) is 2. The highest BCUT2D eigenvalue weighted by molar-refractivity contribution is 6.04. The molecule has 0 radical (unpaired) electrons. The third-order valence-electron chi connectivity index (χ3n) is 5.64. The number of methoxy groups -OCH3 is 1. The van der Waals surface area contributed by atoms with Gasteiger partial charge in [-0.1, -0.05) is 54.6 Å². The van der Waals surface area contributed by atoms with Crippen LogP contribution in [0.25, 0.3) is 0 Å². The van der Waals surface area contributed by atoms with Gasteiger partial charge in [-0.15, -0.1) is 0 Å². The number of urea groups is 1. The van der Waals surface area contributed by atoms with Crippen LogP contribution in [0.1, 0.15) is 31.0 Å². The van der Waals surface area contributed by atoms with Gasteiger partial charge < -0.3 is 14.8 Å². The summed E-state index contributed by atoms with van der Waals surface area (Å²) < 4.78 is 11.5. The summed E-state index contributed by atoms with van der Waals surface area (Å²) in [6, 6.07) is 23.7. The molecule has 1 heterocycles. The lowest BCUT2D eigenvalue weighted by Crippen LogP contribution is -2.47. The number of allylic oxidation sites excluding steroid dienone is 1. The first-order chi connectivity index (χ1) is 16.0. The van der Waals surface area contributed by atoms with Crippen molar-refractivity contribution in [2.75, 3.05) is 12.0 Å². The SMILES string of the molecule is COc1cc([C@H]2NC(=O)N(c3ccccc3)C(C)=C2C(C)=O)ccc1OCc1ccccc1. The van der Waals surface area contributed by atoms with Gasteiger partial charge in [-0.2, -0.15) is 0 Å². The van der Waals surface area contributed by atoms with E-state index in [0.717, 1.165) is 11.1 Å². The normalized spacial score (nSPS) is 15.8. The molecule has 6 heteroatoms. The van der Waals surface area contributed by atoms with Gasteiger partial charge in [0.05, 0.1) is 18.8 Å². The molecule has 0 fully saturated rings. The number of Topliss-reactive ketones (excluding diaryl/α,β-unsaturated/α-hetero) is 1. The Balaban J connectivity index is 1.66. The second-order valence-electron chi connectivity index (χ2n) is 7.79. The predicted octanol–water partition coefficient (Wildman–Crippen LogP) is 5.41. The Morgan fingerprint density at radius 2 is 1.64 bits per heavy atom.